The third kappa shape index (κ3) is 0.978. The van der Waals surface area contributed by atoms with E-state index in [-0.39, 0.29) is 5.41 Å². The molecule has 0 heterocycles. The summed E-state index contributed by atoms with van der Waals surface area (Å²) in [6.07, 6.45) is 6.67. The summed E-state index contributed by atoms with van der Waals surface area (Å²) in [5.41, 5.74) is 0.259. The lowest BCUT2D eigenvalue weighted by Crippen LogP contribution is -2.57. The maximum absolute atomic E-state index is 10.9. The molecule has 1 nitrogen and oxygen atoms in total. The molecule has 0 saturated heterocycles. The van der Waals surface area contributed by atoms with Crippen molar-refractivity contribution in [3.8, 4) is 0 Å². The molecule has 1 spiro atoms. The van der Waals surface area contributed by atoms with Crippen molar-refractivity contribution in [3.63, 3.8) is 0 Å². The molecule has 3 aliphatic rings. The Morgan fingerprint density at radius 3 is 2.44 bits per heavy atom. The molecule has 0 amide bonds. The van der Waals surface area contributed by atoms with Gasteiger partial charge in [-0.15, -0.1) is 0 Å². The van der Waals surface area contributed by atoms with Crippen molar-refractivity contribution in [2.45, 2.75) is 65.4 Å². The summed E-state index contributed by atoms with van der Waals surface area (Å²) in [5.74, 6) is 2.20. The highest BCUT2D eigenvalue weighted by Gasteiger charge is 2.67. The van der Waals surface area contributed by atoms with E-state index >= 15 is 0 Å². The monoisotopic (exact) mass is 222 g/mol. The Morgan fingerprint density at radius 2 is 1.75 bits per heavy atom. The Kier molecular flexibility index (Phi) is 1.98. The Morgan fingerprint density at radius 1 is 1.06 bits per heavy atom. The summed E-state index contributed by atoms with van der Waals surface area (Å²) < 4.78 is 0. The third-order valence-corrected chi connectivity index (χ3v) is 7.12. The predicted octanol–water partition coefficient (Wildman–Crippen LogP) is 3.61. The lowest BCUT2D eigenvalue weighted by molar-refractivity contribution is -0.171. The summed E-state index contributed by atoms with van der Waals surface area (Å²) in [6, 6.07) is 0. The minimum Gasteiger partial charge on any atom is -0.389 e. The number of aliphatic hydroxyl groups is 1. The van der Waals surface area contributed by atoms with Crippen LogP contribution in [0.1, 0.15) is 59.8 Å². The minimum absolute atomic E-state index is 0.108. The SMILES string of the molecule is C[C@H]1CCC2C13CCC(C3)[C@](C)(O)C2(C)C. The standard InChI is InChI=1S/C15H26O/c1-10-5-6-12-13(2,3)14(4,16)11-7-8-15(10,12)9-11/h10-12,16H,5-9H2,1-4H3/t10-,11?,12?,14-,15?/m0/s1. The first-order chi connectivity index (χ1) is 7.32. The van der Waals surface area contributed by atoms with Gasteiger partial charge < -0.3 is 5.11 Å². The van der Waals surface area contributed by atoms with Crippen LogP contribution in [0.15, 0.2) is 0 Å². The predicted molar refractivity (Wildman–Crippen MR) is 66.1 cm³/mol. The van der Waals surface area contributed by atoms with Crippen LogP contribution in [-0.2, 0) is 0 Å². The van der Waals surface area contributed by atoms with Crippen molar-refractivity contribution >= 4 is 0 Å². The molecule has 1 N–H and O–H groups in total. The maximum atomic E-state index is 10.9. The van der Waals surface area contributed by atoms with Gasteiger partial charge >= 0.3 is 0 Å². The van der Waals surface area contributed by atoms with Gasteiger partial charge in [0, 0.05) is 0 Å². The summed E-state index contributed by atoms with van der Waals surface area (Å²) in [6.45, 7) is 9.21. The van der Waals surface area contributed by atoms with Gasteiger partial charge in [0.2, 0.25) is 0 Å². The average Bonchev–Trinajstić information content (AvgIpc) is 2.73. The maximum Gasteiger partial charge on any atom is 0.0701 e. The molecule has 0 aromatic rings. The molecular weight excluding hydrogens is 196 g/mol. The van der Waals surface area contributed by atoms with Crippen molar-refractivity contribution in [1.82, 2.24) is 0 Å². The highest BCUT2D eigenvalue weighted by atomic mass is 16.3. The Bertz CT molecular complexity index is 317. The van der Waals surface area contributed by atoms with E-state index in [9.17, 15) is 5.11 Å². The lowest BCUT2D eigenvalue weighted by atomic mass is 9.50. The van der Waals surface area contributed by atoms with E-state index in [2.05, 4.69) is 27.7 Å². The van der Waals surface area contributed by atoms with Crippen LogP contribution >= 0.6 is 0 Å². The van der Waals surface area contributed by atoms with E-state index < -0.39 is 5.60 Å². The molecule has 3 rings (SSSR count). The van der Waals surface area contributed by atoms with Gasteiger partial charge in [-0.1, -0.05) is 20.8 Å². The Balaban J connectivity index is 2.10. The fourth-order valence-electron chi connectivity index (χ4n) is 5.64. The number of hydrogen-bond acceptors (Lipinski definition) is 1. The van der Waals surface area contributed by atoms with Gasteiger partial charge in [-0.25, -0.2) is 0 Å². The molecule has 5 atom stereocenters. The number of fused-ring (bicyclic) bond motifs is 1. The second kappa shape index (κ2) is 2.85. The first-order valence-electron chi connectivity index (χ1n) is 7.05. The van der Waals surface area contributed by atoms with Gasteiger partial charge in [0.15, 0.2) is 0 Å². The highest BCUT2D eigenvalue weighted by molar-refractivity contribution is 5.17. The second-order valence-electron chi connectivity index (χ2n) is 7.57. The number of rotatable bonds is 0. The highest BCUT2D eigenvalue weighted by Crippen LogP contribution is 2.71. The zero-order valence-electron chi connectivity index (χ0n) is 11.2. The first-order valence-corrected chi connectivity index (χ1v) is 7.05. The van der Waals surface area contributed by atoms with Gasteiger partial charge in [0.1, 0.15) is 0 Å². The molecular formula is C15H26O. The molecule has 1 heteroatoms. The van der Waals surface area contributed by atoms with Crippen LogP contribution in [0.25, 0.3) is 0 Å². The van der Waals surface area contributed by atoms with Crippen molar-refractivity contribution < 1.29 is 5.11 Å². The van der Waals surface area contributed by atoms with E-state index in [1.165, 1.54) is 32.1 Å². The largest absolute Gasteiger partial charge is 0.389 e. The molecule has 3 unspecified atom stereocenters. The van der Waals surface area contributed by atoms with E-state index in [0.29, 0.717) is 11.3 Å². The van der Waals surface area contributed by atoms with E-state index in [0.717, 1.165) is 11.8 Å². The average molecular weight is 222 g/mol. The van der Waals surface area contributed by atoms with Crippen molar-refractivity contribution in [2.75, 3.05) is 0 Å². The molecule has 0 radical (unpaired) electrons. The molecule has 0 aromatic carbocycles. The summed E-state index contributed by atoms with van der Waals surface area (Å²) >= 11 is 0. The van der Waals surface area contributed by atoms with Crippen LogP contribution in [0.3, 0.4) is 0 Å². The van der Waals surface area contributed by atoms with Gasteiger partial charge in [-0.05, 0) is 67.6 Å². The topological polar surface area (TPSA) is 20.2 Å². The van der Waals surface area contributed by atoms with Gasteiger partial charge in [-0.2, -0.15) is 0 Å². The molecule has 2 bridgehead atoms. The molecule has 92 valence electrons. The second-order valence-corrected chi connectivity index (χ2v) is 7.57. The zero-order chi connectivity index (χ0) is 11.8. The molecule has 16 heavy (non-hydrogen) atoms. The zero-order valence-corrected chi connectivity index (χ0v) is 11.2. The normalized spacial score (nSPS) is 58.7. The first kappa shape index (κ1) is 11.1. The van der Waals surface area contributed by atoms with Gasteiger partial charge in [0.05, 0.1) is 5.60 Å². The van der Waals surface area contributed by atoms with E-state index in [4.69, 9.17) is 0 Å². The van der Waals surface area contributed by atoms with Crippen LogP contribution in [0.5, 0.6) is 0 Å². The summed E-state index contributed by atoms with van der Waals surface area (Å²) in [7, 11) is 0. The lowest BCUT2D eigenvalue weighted by Gasteiger charge is -2.57. The smallest absolute Gasteiger partial charge is 0.0701 e. The third-order valence-electron chi connectivity index (χ3n) is 7.12. The van der Waals surface area contributed by atoms with Crippen LogP contribution in [0, 0.1) is 28.6 Å². The van der Waals surface area contributed by atoms with Gasteiger partial charge in [-0.3, -0.25) is 0 Å². The van der Waals surface area contributed by atoms with Crippen molar-refractivity contribution in [1.29, 1.82) is 0 Å². The molecule has 0 aliphatic heterocycles. The molecule has 0 aromatic heterocycles. The van der Waals surface area contributed by atoms with Gasteiger partial charge in [0.25, 0.3) is 0 Å². The van der Waals surface area contributed by atoms with E-state index in [1.807, 2.05) is 0 Å². The van der Waals surface area contributed by atoms with Crippen molar-refractivity contribution in [2.24, 2.45) is 28.6 Å². The minimum atomic E-state index is -0.443. The summed E-state index contributed by atoms with van der Waals surface area (Å²) in [4.78, 5) is 0. The fraction of sp³-hybridized carbons (Fsp3) is 1.00. The van der Waals surface area contributed by atoms with Crippen LogP contribution < -0.4 is 0 Å². The van der Waals surface area contributed by atoms with Crippen molar-refractivity contribution in [3.05, 3.63) is 0 Å². The quantitative estimate of drug-likeness (QED) is 0.664. The van der Waals surface area contributed by atoms with Crippen LogP contribution in [0.2, 0.25) is 0 Å². The number of hydrogen-bond donors (Lipinski definition) is 1. The van der Waals surface area contributed by atoms with E-state index in [1.54, 1.807) is 0 Å². The Hall–Kier alpha value is -0.0400. The molecule has 3 saturated carbocycles. The molecule has 3 aliphatic carbocycles. The summed E-state index contributed by atoms with van der Waals surface area (Å²) in [5, 5.41) is 10.9. The van der Waals surface area contributed by atoms with Crippen LogP contribution in [-0.4, -0.2) is 10.7 Å². The van der Waals surface area contributed by atoms with Crippen LogP contribution in [0.4, 0.5) is 0 Å². The fourth-order valence-corrected chi connectivity index (χ4v) is 5.64. The Labute approximate surface area is 99.6 Å². The molecule has 3 fully saturated rings.